The van der Waals surface area contributed by atoms with E-state index in [0.29, 0.717) is 30.8 Å². The van der Waals surface area contributed by atoms with Gasteiger partial charge in [0, 0.05) is 51.0 Å². The third kappa shape index (κ3) is 5.91. The highest BCUT2D eigenvalue weighted by Crippen LogP contribution is 2.30. The van der Waals surface area contributed by atoms with Gasteiger partial charge in [-0.3, -0.25) is 9.89 Å². The topological polar surface area (TPSA) is 71.0 Å². The summed E-state index contributed by atoms with van der Waals surface area (Å²) < 4.78 is 11.5. The average molecular weight is 438 g/mol. The van der Waals surface area contributed by atoms with Crippen LogP contribution < -0.4 is 20.1 Å². The molecule has 1 atom stereocenters. The van der Waals surface area contributed by atoms with E-state index in [0.717, 1.165) is 29.9 Å². The summed E-state index contributed by atoms with van der Waals surface area (Å²) in [4.78, 5) is 11.5. The van der Waals surface area contributed by atoms with Crippen molar-refractivity contribution in [3.05, 3.63) is 48.2 Å². The number of pyridine rings is 1. The number of aliphatic imine (C=N–C) groups is 1. The van der Waals surface area contributed by atoms with Crippen LogP contribution in [0.4, 0.5) is 0 Å². The predicted octanol–water partition coefficient (Wildman–Crippen LogP) is 3.95. The van der Waals surface area contributed by atoms with Crippen molar-refractivity contribution >= 4 is 5.96 Å². The van der Waals surface area contributed by atoms with Crippen LogP contribution >= 0.6 is 0 Å². The average Bonchev–Trinajstić information content (AvgIpc) is 3.51. The number of likely N-dealkylation sites (tertiary alicyclic amines) is 1. The molecule has 1 aliphatic heterocycles. The Hall–Kier alpha value is -2.80. The van der Waals surface area contributed by atoms with Crippen molar-refractivity contribution in [3.63, 3.8) is 0 Å². The number of nitrogens with one attached hydrogen (secondary N) is 2. The zero-order valence-corrected chi connectivity index (χ0v) is 19.2. The first-order chi connectivity index (χ1) is 15.7. The van der Waals surface area contributed by atoms with Crippen LogP contribution in [0.25, 0.3) is 0 Å². The van der Waals surface area contributed by atoms with Gasteiger partial charge in [0.25, 0.3) is 0 Å². The zero-order chi connectivity index (χ0) is 22.2. The monoisotopic (exact) mass is 437 g/mol. The Balaban J connectivity index is 1.25. The second kappa shape index (κ2) is 11.2. The van der Waals surface area contributed by atoms with E-state index in [9.17, 15) is 0 Å². The SMILES string of the molecule is CCOc1ccccc1Oc1ccc(CNC(=NC)NC2CCN(C3CCCC3)C2)cn1. The maximum atomic E-state index is 5.91. The van der Waals surface area contributed by atoms with Crippen LogP contribution in [0.3, 0.4) is 0 Å². The molecule has 0 spiro atoms. The number of rotatable bonds is 8. The Morgan fingerprint density at radius 1 is 1.12 bits per heavy atom. The van der Waals surface area contributed by atoms with Gasteiger partial charge in [-0.25, -0.2) is 4.98 Å². The Morgan fingerprint density at radius 3 is 2.66 bits per heavy atom. The molecule has 1 aromatic heterocycles. The first-order valence-electron chi connectivity index (χ1n) is 11.8. The standard InChI is InChI=1S/C25H35N5O2/c1-3-31-22-10-6-7-11-23(22)32-24-13-12-19(16-27-24)17-28-25(26-2)29-20-14-15-30(18-20)21-8-4-5-9-21/h6-7,10-13,16,20-21H,3-5,8-9,14-15,17-18H2,1-2H3,(H2,26,28,29). The minimum atomic E-state index is 0.459. The van der Waals surface area contributed by atoms with Crippen molar-refractivity contribution in [1.82, 2.24) is 20.5 Å². The quantitative estimate of drug-likeness (QED) is 0.481. The molecule has 7 nitrogen and oxygen atoms in total. The normalized spacial score (nSPS) is 19.8. The lowest BCUT2D eigenvalue weighted by Crippen LogP contribution is -2.45. The van der Waals surface area contributed by atoms with Crippen LogP contribution in [-0.4, -0.2) is 54.7 Å². The second-order valence-electron chi connectivity index (χ2n) is 8.48. The fourth-order valence-corrected chi connectivity index (χ4v) is 4.58. The fourth-order valence-electron chi connectivity index (χ4n) is 4.58. The molecule has 0 radical (unpaired) electrons. The number of hydrogen-bond donors (Lipinski definition) is 2. The summed E-state index contributed by atoms with van der Waals surface area (Å²) in [5, 5.41) is 7.00. The van der Waals surface area contributed by atoms with E-state index in [1.54, 1.807) is 0 Å². The van der Waals surface area contributed by atoms with E-state index in [4.69, 9.17) is 9.47 Å². The Morgan fingerprint density at radius 2 is 1.94 bits per heavy atom. The molecule has 2 fully saturated rings. The van der Waals surface area contributed by atoms with Crippen molar-refractivity contribution in [2.45, 2.75) is 57.7 Å². The minimum absolute atomic E-state index is 0.459. The molecule has 7 heteroatoms. The fraction of sp³-hybridized carbons (Fsp3) is 0.520. The number of aromatic nitrogens is 1. The molecule has 32 heavy (non-hydrogen) atoms. The van der Waals surface area contributed by atoms with Gasteiger partial charge in [-0.15, -0.1) is 0 Å². The first kappa shape index (κ1) is 22.4. The molecule has 172 valence electrons. The van der Waals surface area contributed by atoms with Gasteiger partial charge in [0.2, 0.25) is 5.88 Å². The number of benzene rings is 1. The van der Waals surface area contributed by atoms with E-state index in [-0.39, 0.29) is 0 Å². The number of guanidine groups is 1. The Bertz CT molecular complexity index is 880. The van der Waals surface area contributed by atoms with E-state index in [2.05, 4.69) is 25.5 Å². The molecule has 1 aliphatic carbocycles. The number of hydrogen-bond acceptors (Lipinski definition) is 5. The molecule has 2 heterocycles. The molecule has 4 rings (SSSR count). The molecule has 2 N–H and O–H groups in total. The van der Waals surface area contributed by atoms with Crippen LogP contribution in [0, 0.1) is 0 Å². The van der Waals surface area contributed by atoms with E-state index >= 15 is 0 Å². The van der Waals surface area contributed by atoms with Gasteiger partial charge >= 0.3 is 0 Å². The summed E-state index contributed by atoms with van der Waals surface area (Å²) in [5.74, 6) is 2.77. The smallest absolute Gasteiger partial charge is 0.219 e. The largest absolute Gasteiger partial charge is 0.490 e. The zero-order valence-electron chi connectivity index (χ0n) is 19.2. The van der Waals surface area contributed by atoms with Crippen molar-refractivity contribution < 1.29 is 9.47 Å². The molecule has 0 bridgehead atoms. The number of nitrogens with zero attached hydrogens (tertiary/aromatic N) is 3. The lowest BCUT2D eigenvalue weighted by molar-refractivity contribution is 0.242. The van der Waals surface area contributed by atoms with Crippen LogP contribution in [0.15, 0.2) is 47.6 Å². The van der Waals surface area contributed by atoms with Crippen molar-refractivity contribution in [1.29, 1.82) is 0 Å². The molecule has 2 aliphatic rings. The maximum Gasteiger partial charge on any atom is 0.219 e. The predicted molar refractivity (Wildman–Crippen MR) is 127 cm³/mol. The second-order valence-corrected chi connectivity index (χ2v) is 8.48. The molecule has 2 aromatic rings. The number of para-hydroxylation sites is 2. The third-order valence-corrected chi connectivity index (χ3v) is 6.25. The van der Waals surface area contributed by atoms with Gasteiger partial charge in [-0.05, 0) is 43.9 Å². The summed E-state index contributed by atoms with van der Waals surface area (Å²) in [5.41, 5.74) is 1.07. The maximum absolute atomic E-state index is 5.91. The van der Waals surface area contributed by atoms with Crippen LogP contribution in [0.5, 0.6) is 17.4 Å². The van der Waals surface area contributed by atoms with Gasteiger partial charge in [-0.1, -0.05) is 31.0 Å². The summed E-state index contributed by atoms with van der Waals surface area (Å²) in [6, 6.07) is 12.8. The van der Waals surface area contributed by atoms with Crippen molar-refractivity contribution in [2.75, 3.05) is 26.7 Å². The highest BCUT2D eigenvalue weighted by Gasteiger charge is 2.30. The highest BCUT2D eigenvalue weighted by atomic mass is 16.5. The molecule has 1 saturated carbocycles. The van der Waals surface area contributed by atoms with Gasteiger partial charge < -0.3 is 20.1 Å². The van der Waals surface area contributed by atoms with Gasteiger partial charge in [-0.2, -0.15) is 0 Å². The van der Waals surface area contributed by atoms with E-state index < -0.39 is 0 Å². The first-order valence-corrected chi connectivity index (χ1v) is 11.8. The van der Waals surface area contributed by atoms with E-state index in [1.165, 1.54) is 38.6 Å². The van der Waals surface area contributed by atoms with Gasteiger partial charge in [0.05, 0.1) is 6.61 Å². The molecule has 1 saturated heterocycles. The van der Waals surface area contributed by atoms with Gasteiger partial charge in [0.15, 0.2) is 17.5 Å². The van der Waals surface area contributed by atoms with Crippen LogP contribution in [0.1, 0.15) is 44.6 Å². The molecule has 0 amide bonds. The van der Waals surface area contributed by atoms with Crippen molar-refractivity contribution in [2.24, 2.45) is 4.99 Å². The molecule has 1 aromatic carbocycles. The lowest BCUT2D eigenvalue weighted by Gasteiger charge is -2.24. The molecular formula is C25H35N5O2. The van der Waals surface area contributed by atoms with Crippen molar-refractivity contribution in [3.8, 4) is 17.4 Å². The summed E-state index contributed by atoms with van der Waals surface area (Å²) >= 11 is 0. The Labute approximate surface area is 191 Å². The summed E-state index contributed by atoms with van der Waals surface area (Å²) in [6.45, 7) is 5.51. The summed E-state index contributed by atoms with van der Waals surface area (Å²) in [6.07, 6.45) is 8.51. The third-order valence-electron chi connectivity index (χ3n) is 6.25. The lowest BCUT2D eigenvalue weighted by atomic mass is 10.2. The van der Waals surface area contributed by atoms with Gasteiger partial charge in [0.1, 0.15) is 0 Å². The molecule has 1 unspecified atom stereocenters. The summed E-state index contributed by atoms with van der Waals surface area (Å²) in [7, 11) is 1.82. The highest BCUT2D eigenvalue weighted by molar-refractivity contribution is 5.80. The van der Waals surface area contributed by atoms with Crippen LogP contribution in [-0.2, 0) is 6.54 Å². The number of ether oxygens (including phenoxy) is 2. The Kier molecular flexibility index (Phi) is 7.82. The molecular weight excluding hydrogens is 402 g/mol. The minimum Gasteiger partial charge on any atom is -0.490 e. The van der Waals surface area contributed by atoms with Crippen LogP contribution in [0.2, 0.25) is 0 Å². The van der Waals surface area contributed by atoms with E-state index in [1.807, 2.05) is 56.6 Å².